The van der Waals surface area contributed by atoms with Crippen LogP contribution in [-0.4, -0.2) is 31.1 Å². The SMILES string of the molecule is CCCN.[C-]#[N+]c1ccc(-c2c3ccccc3c(-c3ccc(C#N)cc3)c3ccccc23)cc1.[Cl][Zn][Cl].c1ccc2c(-c3ccc(C4=NCCC4)cc3)c3ccccc3c(-c3ccc(C4=NCCC4)cc3)c2c1. The first-order chi connectivity index (χ1) is 36.0. The summed E-state index contributed by atoms with van der Waals surface area (Å²) in [5, 5.41) is 19.0. The van der Waals surface area contributed by atoms with Crippen molar-refractivity contribution < 1.29 is 15.1 Å². The summed E-state index contributed by atoms with van der Waals surface area (Å²) in [6.45, 7) is 12.0. The third-order valence-corrected chi connectivity index (χ3v) is 13.5. The van der Waals surface area contributed by atoms with E-state index < -0.39 is 15.1 Å². The fourth-order valence-corrected chi connectivity index (χ4v) is 10.1. The Kier molecular flexibility index (Phi) is 17.0. The minimum absolute atomic E-state index is 0.640. The van der Waals surface area contributed by atoms with E-state index in [0.717, 1.165) is 50.0 Å². The monoisotopic (exact) mass is 1040 g/mol. The maximum atomic E-state index is 9.17. The first-order valence-electron chi connectivity index (χ1n) is 25.0. The summed E-state index contributed by atoms with van der Waals surface area (Å²) in [5.74, 6) is 0. The molecule has 0 saturated carbocycles. The normalized spacial score (nSPS) is 12.5. The molecule has 5 nitrogen and oxygen atoms in total. The van der Waals surface area contributed by atoms with Gasteiger partial charge in [0.05, 0.1) is 18.2 Å². The Labute approximate surface area is 444 Å². The molecule has 0 aliphatic carbocycles. The van der Waals surface area contributed by atoms with E-state index in [2.05, 4.69) is 163 Å². The number of hydrogen-bond donors (Lipinski definition) is 1. The van der Waals surface area contributed by atoms with E-state index in [1.807, 2.05) is 48.5 Å². The summed E-state index contributed by atoms with van der Waals surface area (Å²) < 4.78 is 0. The molecule has 2 aliphatic heterocycles. The zero-order chi connectivity index (χ0) is 50.5. The molecule has 0 unspecified atom stereocenters. The van der Waals surface area contributed by atoms with Gasteiger partial charge in [0.1, 0.15) is 0 Å². The topological polar surface area (TPSA) is 78.9 Å². The molecule has 2 N–H and O–H groups in total. The van der Waals surface area contributed by atoms with Crippen molar-refractivity contribution in [2.45, 2.75) is 39.0 Å². The van der Waals surface area contributed by atoms with Gasteiger partial charge in [-0.25, -0.2) is 4.85 Å². The van der Waals surface area contributed by atoms with Gasteiger partial charge < -0.3 is 5.73 Å². The van der Waals surface area contributed by atoms with Crippen molar-refractivity contribution in [3.63, 3.8) is 0 Å². The van der Waals surface area contributed by atoms with E-state index in [4.69, 9.17) is 41.7 Å². The second-order valence-electron chi connectivity index (χ2n) is 17.9. The van der Waals surface area contributed by atoms with Crippen molar-refractivity contribution in [3.05, 3.63) is 222 Å². The third kappa shape index (κ3) is 11.1. The van der Waals surface area contributed by atoms with Crippen LogP contribution < -0.4 is 5.73 Å². The first-order valence-corrected chi connectivity index (χ1v) is 32.8. The molecule has 0 atom stereocenters. The number of benzene rings is 10. The fraction of sp³-hybridized carbons (Fsp3) is 0.138. The Morgan fingerprint density at radius 3 is 0.973 bits per heavy atom. The number of halogens is 2. The van der Waals surface area contributed by atoms with Gasteiger partial charge in [-0.15, -0.1) is 0 Å². The Bertz CT molecular complexity index is 3350. The first kappa shape index (κ1) is 50.7. The van der Waals surface area contributed by atoms with Crippen molar-refractivity contribution >= 4 is 79.6 Å². The van der Waals surface area contributed by atoms with Crippen LogP contribution in [0.15, 0.2) is 204 Å². The average Bonchev–Trinajstić information content (AvgIpc) is 4.22. The number of hydrogen-bond acceptors (Lipinski definition) is 4. The maximum Gasteiger partial charge on any atom is 0.0421 e. The van der Waals surface area contributed by atoms with Gasteiger partial charge in [-0.1, -0.05) is 189 Å². The predicted molar refractivity (Wildman–Crippen MR) is 308 cm³/mol. The zero-order valence-electron chi connectivity index (χ0n) is 41.0. The summed E-state index contributed by atoms with van der Waals surface area (Å²) in [4.78, 5) is 12.9. The Morgan fingerprint density at radius 2 is 0.740 bits per heavy atom. The van der Waals surface area contributed by atoms with Crippen LogP contribution in [-0.2, 0) is 15.1 Å². The molecular formula is C65H53Cl2N5Zn. The molecule has 10 aromatic rings. The Hall–Kier alpha value is -7.28. The molecule has 354 valence electrons. The molecule has 0 aromatic heterocycles. The quantitative estimate of drug-likeness (QED) is 0.0980. The number of nitrogens with zero attached hydrogens (tertiary/aromatic N) is 4. The fourth-order valence-electron chi connectivity index (χ4n) is 10.1. The molecule has 0 spiro atoms. The Morgan fingerprint density at radius 1 is 0.479 bits per heavy atom. The third-order valence-electron chi connectivity index (χ3n) is 13.5. The number of rotatable bonds is 7. The van der Waals surface area contributed by atoms with E-state index in [1.54, 1.807) is 0 Å². The second-order valence-corrected chi connectivity index (χ2v) is 22.6. The van der Waals surface area contributed by atoms with Crippen LogP contribution in [0.25, 0.3) is 92.4 Å². The van der Waals surface area contributed by atoms with Crippen molar-refractivity contribution in [2.24, 2.45) is 15.7 Å². The van der Waals surface area contributed by atoms with Crippen molar-refractivity contribution in [3.8, 4) is 50.6 Å². The smallest absolute Gasteiger partial charge is 0.0421 e. The molecular weight excluding hydrogens is 987 g/mol. The van der Waals surface area contributed by atoms with Crippen LogP contribution in [0.5, 0.6) is 0 Å². The molecule has 2 aliphatic rings. The zero-order valence-corrected chi connectivity index (χ0v) is 45.4. The van der Waals surface area contributed by atoms with Gasteiger partial charge in [0.15, 0.2) is 5.69 Å². The van der Waals surface area contributed by atoms with Gasteiger partial charge in [-0.2, -0.15) is 5.26 Å². The van der Waals surface area contributed by atoms with Crippen molar-refractivity contribution in [2.75, 3.05) is 19.6 Å². The largest absolute Gasteiger partial charge is 0.289 e. The maximum absolute atomic E-state index is 9.17. The standard InChI is InChI=1S/C34H28N2.C28H16N2.C3H9N.2ClH.Zn/c1-2-8-28-27(7-1)33(25-17-13-23(14-18-25)31-11-5-21-35-31)29-9-3-4-10-30(29)34(28)26-19-15-24(16-20-26)32-12-6-22-36-32;1-30-22-16-14-21(15-17-22)28-25-8-4-2-6-23(25)27(24-7-3-5-9-26(24)28)20-12-10-19(18-29)11-13-20;1-2-3-4;;;/h1-4,7-10,13-20H,5-6,11-12,21-22H2;2-17H;2-4H2,1H3;2*1H;/q;;;;;+2/p-2. The molecule has 0 amide bonds. The van der Waals surface area contributed by atoms with Crippen molar-refractivity contribution in [1.82, 2.24) is 0 Å². The molecule has 0 radical (unpaired) electrons. The molecule has 12 rings (SSSR count). The van der Waals surface area contributed by atoms with E-state index in [1.165, 1.54) is 112 Å². The van der Waals surface area contributed by atoms with Gasteiger partial charge in [-0.3, -0.25) is 9.98 Å². The van der Waals surface area contributed by atoms with Gasteiger partial charge >= 0.3 is 34.5 Å². The molecule has 2 heterocycles. The van der Waals surface area contributed by atoms with Crippen molar-refractivity contribution in [1.29, 1.82) is 5.26 Å². The summed E-state index contributed by atoms with van der Waals surface area (Å²) in [6, 6.07) is 70.6. The number of fused-ring (bicyclic) bond motifs is 4. The van der Waals surface area contributed by atoms with Crippen LogP contribution in [0.3, 0.4) is 0 Å². The summed E-state index contributed by atoms with van der Waals surface area (Å²) in [6.07, 6.45) is 5.61. The summed E-state index contributed by atoms with van der Waals surface area (Å²) >= 11 is -0.931. The van der Waals surface area contributed by atoms with E-state index >= 15 is 0 Å². The Balaban J connectivity index is 0.000000162. The molecule has 10 aromatic carbocycles. The second kappa shape index (κ2) is 24.4. The average molecular weight is 1040 g/mol. The number of nitrogens with two attached hydrogens (primary N) is 1. The molecule has 0 fully saturated rings. The predicted octanol–water partition coefficient (Wildman–Crippen LogP) is 18.0. The van der Waals surface area contributed by atoms with E-state index in [-0.39, 0.29) is 0 Å². The van der Waals surface area contributed by atoms with Gasteiger partial charge in [0, 0.05) is 24.5 Å². The van der Waals surface area contributed by atoms with Gasteiger partial charge in [0.2, 0.25) is 0 Å². The van der Waals surface area contributed by atoms with Crippen LogP contribution in [0, 0.1) is 17.9 Å². The number of aliphatic imine (C=N–C) groups is 2. The van der Waals surface area contributed by atoms with Gasteiger partial charge in [0.25, 0.3) is 0 Å². The summed E-state index contributed by atoms with van der Waals surface area (Å²) in [5.41, 5.74) is 21.0. The van der Waals surface area contributed by atoms with E-state index in [9.17, 15) is 5.26 Å². The summed E-state index contributed by atoms with van der Waals surface area (Å²) in [7, 11) is 9.90. The van der Waals surface area contributed by atoms with Crippen LogP contribution in [0.2, 0.25) is 0 Å². The molecule has 8 heteroatoms. The van der Waals surface area contributed by atoms with Crippen LogP contribution in [0.1, 0.15) is 55.7 Å². The molecule has 0 saturated heterocycles. The van der Waals surface area contributed by atoms with Crippen LogP contribution in [0.4, 0.5) is 5.69 Å². The number of nitriles is 1. The minimum atomic E-state index is -0.931. The minimum Gasteiger partial charge on any atom is -0.289 e. The molecule has 73 heavy (non-hydrogen) atoms. The van der Waals surface area contributed by atoms with Gasteiger partial charge in [-0.05, 0) is 150 Å². The van der Waals surface area contributed by atoms with Crippen LogP contribution >= 0.6 is 19.4 Å². The van der Waals surface area contributed by atoms with E-state index in [0.29, 0.717) is 11.3 Å². The molecule has 0 bridgehead atoms.